The van der Waals surface area contributed by atoms with Gasteiger partial charge >= 0.3 is 6.09 Å². The van der Waals surface area contributed by atoms with Gasteiger partial charge < -0.3 is 41.1 Å². The molecule has 2 saturated heterocycles. The van der Waals surface area contributed by atoms with E-state index in [1.165, 1.54) is 21.7 Å². The molecule has 0 aliphatic carbocycles. The first-order valence-corrected chi connectivity index (χ1v) is 22.7. The van der Waals surface area contributed by atoms with Gasteiger partial charge in [0, 0.05) is 33.1 Å². The number of likely N-dealkylation sites (tertiary alicyclic amines) is 2. The van der Waals surface area contributed by atoms with Gasteiger partial charge in [-0.05, 0) is 95.6 Å². The van der Waals surface area contributed by atoms with Gasteiger partial charge in [-0.25, -0.2) is 10.6 Å². The third-order valence-corrected chi connectivity index (χ3v) is 12.1. The van der Waals surface area contributed by atoms with Crippen LogP contribution in [-0.4, -0.2) is 125 Å². The molecule has 352 valence electrons. The number of ether oxygens (including phenoxy) is 1. The lowest BCUT2D eigenvalue weighted by molar-refractivity contribution is -0.150. The van der Waals surface area contributed by atoms with Gasteiger partial charge in [0.05, 0.1) is 6.04 Å². The number of nitrogens with zero attached hydrogens (tertiary/aromatic N) is 3. The summed E-state index contributed by atoms with van der Waals surface area (Å²) in [6, 6.07) is 12.8. The standard InChI is InChI=1S/C47H71N9O8/c1-7-31(2)39(52-40(57)34(48)29-32-19-10-8-11-20-32)45(62)56-27-17-15-24-36(56)41(58)51-35(23-14-16-26-50-46(63)64-47(3,4)5)43(60)54(6)38(30-33-21-12-9-13-22-33)44(61)55-28-18-25-37(55)42(59)53-49/h8-13,19-22,31,34-39H,7,14-18,23-30,48-49H2,1-6H3,(H,50,63)(H,51,58)(H,52,57)(H,53,59)/t31?,34-,35+,36-,37+,38?,39+/m1/s1. The van der Waals surface area contributed by atoms with Gasteiger partial charge in [-0.15, -0.1) is 0 Å². The second-order valence-electron chi connectivity index (χ2n) is 18.0. The summed E-state index contributed by atoms with van der Waals surface area (Å²) in [6.45, 7) is 9.90. The van der Waals surface area contributed by atoms with Crippen LogP contribution in [0.2, 0.25) is 0 Å². The van der Waals surface area contributed by atoms with Crippen molar-refractivity contribution in [1.82, 2.24) is 36.1 Å². The highest BCUT2D eigenvalue weighted by Crippen LogP contribution is 2.24. The maximum Gasteiger partial charge on any atom is 0.407 e. The molecule has 2 aromatic carbocycles. The van der Waals surface area contributed by atoms with E-state index in [1.807, 2.05) is 74.5 Å². The number of alkyl carbamates (subject to hydrolysis) is 1. The molecule has 0 spiro atoms. The molecule has 0 aromatic heterocycles. The number of nitrogens with two attached hydrogens (primary N) is 2. The summed E-state index contributed by atoms with van der Waals surface area (Å²) in [4.78, 5) is 101. The molecular weight excluding hydrogens is 819 g/mol. The molecule has 7 atom stereocenters. The van der Waals surface area contributed by atoms with E-state index in [4.69, 9.17) is 16.3 Å². The van der Waals surface area contributed by atoms with Crippen LogP contribution in [0.1, 0.15) is 104 Å². The molecule has 2 fully saturated rings. The molecule has 2 heterocycles. The molecule has 0 radical (unpaired) electrons. The van der Waals surface area contributed by atoms with Crippen LogP contribution in [0, 0.1) is 5.92 Å². The highest BCUT2D eigenvalue weighted by molar-refractivity contribution is 5.97. The molecule has 0 saturated carbocycles. The third kappa shape index (κ3) is 14.8. The Hall–Kier alpha value is -5.55. The first-order valence-electron chi connectivity index (χ1n) is 22.7. The second-order valence-corrected chi connectivity index (χ2v) is 18.0. The van der Waals surface area contributed by atoms with E-state index in [1.54, 1.807) is 20.8 Å². The molecule has 2 aliphatic rings. The van der Waals surface area contributed by atoms with Crippen LogP contribution < -0.4 is 33.0 Å². The SMILES string of the molecule is CCC(C)[C@H](NC(=O)[C@H](N)Cc1ccccc1)C(=O)N1CCCC[C@@H]1C(=O)N[C@@H](CCCCNC(=O)OC(C)(C)C)C(=O)N(C)C(Cc1ccccc1)C(=O)N1CCC[C@H]1C(=O)NN. The number of hydrogen-bond acceptors (Lipinski definition) is 10. The Balaban J connectivity index is 1.59. The minimum atomic E-state index is -1.13. The van der Waals surface area contributed by atoms with Crippen LogP contribution >= 0.6 is 0 Å². The van der Waals surface area contributed by atoms with Crippen molar-refractivity contribution in [3.05, 3.63) is 71.8 Å². The van der Waals surface area contributed by atoms with E-state index in [-0.39, 0.29) is 38.3 Å². The lowest BCUT2D eigenvalue weighted by atomic mass is 9.93. The van der Waals surface area contributed by atoms with Crippen molar-refractivity contribution in [1.29, 1.82) is 0 Å². The molecule has 7 amide bonds. The number of hydrogen-bond donors (Lipinski definition) is 6. The number of benzene rings is 2. The fraction of sp³-hybridized carbons (Fsp3) is 0.596. The summed E-state index contributed by atoms with van der Waals surface area (Å²) in [6.07, 6.45) is 4.00. The van der Waals surface area contributed by atoms with Crippen molar-refractivity contribution in [2.24, 2.45) is 17.5 Å². The summed E-state index contributed by atoms with van der Waals surface area (Å²) in [5.41, 5.74) is 9.47. The highest BCUT2D eigenvalue weighted by atomic mass is 16.6. The Morgan fingerprint density at radius 2 is 1.38 bits per heavy atom. The summed E-state index contributed by atoms with van der Waals surface area (Å²) in [7, 11) is 1.52. The first kappa shape index (κ1) is 51.1. The van der Waals surface area contributed by atoms with Crippen LogP contribution in [0.25, 0.3) is 0 Å². The largest absolute Gasteiger partial charge is 0.444 e. The minimum Gasteiger partial charge on any atom is -0.444 e. The first-order chi connectivity index (χ1) is 30.4. The number of unbranched alkanes of at least 4 members (excludes halogenated alkanes) is 1. The molecule has 4 rings (SSSR count). The van der Waals surface area contributed by atoms with E-state index in [2.05, 4.69) is 21.4 Å². The van der Waals surface area contributed by atoms with Gasteiger partial charge in [-0.1, -0.05) is 80.9 Å². The van der Waals surface area contributed by atoms with Crippen molar-refractivity contribution >= 4 is 41.5 Å². The fourth-order valence-corrected chi connectivity index (χ4v) is 8.27. The third-order valence-electron chi connectivity index (χ3n) is 12.1. The zero-order chi connectivity index (χ0) is 47.0. The Morgan fingerprint density at radius 1 is 0.797 bits per heavy atom. The Labute approximate surface area is 378 Å². The van der Waals surface area contributed by atoms with Gasteiger partial charge in [0.1, 0.15) is 35.8 Å². The van der Waals surface area contributed by atoms with Crippen LogP contribution in [0.4, 0.5) is 4.79 Å². The van der Waals surface area contributed by atoms with Crippen molar-refractivity contribution in [3.8, 4) is 0 Å². The summed E-state index contributed by atoms with van der Waals surface area (Å²) < 4.78 is 5.35. The van der Waals surface area contributed by atoms with Crippen molar-refractivity contribution < 1.29 is 38.3 Å². The molecule has 17 heteroatoms. The fourth-order valence-electron chi connectivity index (χ4n) is 8.27. The summed E-state index contributed by atoms with van der Waals surface area (Å²) >= 11 is 0. The number of nitrogens with one attached hydrogen (secondary N) is 4. The zero-order valence-electron chi connectivity index (χ0n) is 38.5. The van der Waals surface area contributed by atoms with E-state index in [0.717, 1.165) is 11.1 Å². The number of piperidine rings is 1. The Kier molecular flexibility index (Phi) is 19.6. The average Bonchev–Trinajstić information content (AvgIpc) is 3.78. The Morgan fingerprint density at radius 3 is 1.98 bits per heavy atom. The molecule has 64 heavy (non-hydrogen) atoms. The number of rotatable bonds is 20. The molecule has 17 nitrogen and oxygen atoms in total. The van der Waals surface area contributed by atoms with E-state index < -0.39 is 83.4 Å². The quantitative estimate of drug-likeness (QED) is 0.0492. The summed E-state index contributed by atoms with van der Waals surface area (Å²) in [5.74, 6) is 2.33. The number of hydrazine groups is 1. The second kappa shape index (κ2) is 24.5. The van der Waals surface area contributed by atoms with Gasteiger partial charge in [-0.2, -0.15) is 0 Å². The van der Waals surface area contributed by atoms with Gasteiger partial charge in [0.2, 0.25) is 29.5 Å². The normalized spacial score (nSPS) is 18.7. The zero-order valence-corrected chi connectivity index (χ0v) is 38.5. The summed E-state index contributed by atoms with van der Waals surface area (Å²) in [5, 5.41) is 8.59. The van der Waals surface area contributed by atoms with Crippen LogP contribution in [0.15, 0.2) is 60.7 Å². The number of carbonyl (C=O) groups is 7. The highest BCUT2D eigenvalue weighted by Gasteiger charge is 2.42. The smallest absolute Gasteiger partial charge is 0.407 e. The van der Waals surface area contributed by atoms with Gasteiger partial charge in [-0.3, -0.25) is 34.2 Å². The molecule has 0 bridgehead atoms. The number of likely N-dealkylation sites (N-methyl/N-ethyl adjacent to an activating group) is 1. The van der Waals surface area contributed by atoms with E-state index in [9.17, 15) is 33.6 Å². The van der Waals surface area contributed by atoms with Crippen molar-refractivity contribution in [2.45, 2.75) is 147 Å². The predicted octanol–water partition coefficient (Wildman–Crippen LogP) is 2.70. The van der Waals surface area contributed by atoms with Crippen molar-refractivity contribution in [3.63, 3.8) is 0 Å². The monoisotopic (exact) mass is 890 g/mol. The average molecular weight is 890 g/mol. The lowest BCUT2D eigenvalue weighted by Gasteiger charge is -2.39. The lowest BCUT2D eigenvalue weighted by Crippen LogP contribution is -2.62. The van der Waals surface area contributed by atoms with Crippen LogP contribution in [-0.2, 0) is 46.3 Å². The number of carbonyl (C=O) groups excluding carboxylic acids is 7. The molecule has 2 aliphatic heterocycles. The van der Waals surface area contributed by atoms with E-state index >= 15 is 0 Å². The van der Waals surface area contributed by atoms with Crippen molar-refractivity contribution in [2.75, 3.05) is 26.7 Å². The Bertz CT molecular complexity index is 1880. The topological polar surface area (TPSA) is 239 Å². The van der Waals surface area contributed by atoms with Crippen LogP contribution in [0.3, 0.4) is 0 Å². The predicted molar refractivity (Wildman–Crippen MR) is 243 cm³/mol. The maximum atomic E-state index is 14.8. The molecular formula is C47H71N9O8. The minimum absolute atomic E-state index is 0.137. The van der Waals surface area contributed by atoms with E-state index in [0.29, 0.717) is 57.9 Å². The molecule has 2 aromatic rings. The molecule has 2 unspecified atom stereocenters. The van der Waals surface area contributed by atoms with Crippen LogP contribution in [0.5, 0.6) is 0 Å². The molecule has 8 N–H and O–H groups in total. The van der Waals surface area contributed by atoms with Gasteiger partial charge in [0.15, 0.2) is 0 Å². The maximum absolute atomic E-state index is 14.8. The number of amides is 7. The van der Waals surface area contributed by atoms with Gasteiger partial charge in [0.25, 0.3) is 5.91 Å².